The highest BCUT2D eigenvalue weighted by Gasteiger charge is 2.20. The SMILES string of the molecule is CC(C)COC(=O)c1ccc2ccccc2c1C(=O)O. The lowest BCUT2D eigenvalue weighted by molar-refractivity contribution is 0.0451. The Hall–Kier alpha value is -2.36. The minimum atomic E-state index is -1.13. The van der Waals surface area contributed by atoms with E-state index in [1.54, 1.807) is 18.2 Å². The van der Waals surface area contributed by atoms with Gasteiger partial charge in [-0.2, -0.15) is 0 Å². The van der Waals surface area contributed by atoms with E-state index >= 15 is 0 Å². The quantitative estimate of drug-likeness (QED) is 0.867. The molecule has 0 aliphatic rings. The van der Waals surface area contributed by atoms with Crippen molar-refractivity contribution < 1.29 is 19.4 Å². The number of carbonyl (C=O) groups is 2. The van der Waals surface area contributed by atoms with E-state index in [2.05, 4.69) is 0 Å². The molecule has 0 saturated carbocycles. The fourth-order valence-electron chi connectivity index (χ4n) is 1.99. The monoisotopic (exact) mass is 272 g/mol. The van der Waals surface area contributed by atoms with Gasteiger partial charge < -0.3 is 9.84 Å². The number of rotatable bonds is 4. The molecule has 0 aromatic heterocycles. The van der Waals surface area contributed by atoms with Gasteiger partial charge >= 0.3 is 11.9 Å². The van der Waals surface area contributed by atoms with Crippen LogP contribution in [0.5, 0.6) is 0 Å². The fraction of sp³-hybridized carbons (Fsp3) is 0.250. The number of ether oxygens (including phenoxy) is 1. The smallest absolute Gasteiger partial charge is 0.339 e. The van der Waals surface area contributed by atoms with Gasteiger partial charge in [0, 0.05) is 0 Å². The molecule has 0 bridgehead atoms. The number of aromatic carboxylic acids is 1. The van der Waals surface area contributed by atoms with Crippen molar-refractivity contribution in [2.45, 2.75) is 13.8 Å². The Labute approximate surface area is 117 Å². The molecule has 0 heterocycles. The summed E-state index contributed by atoms with van der Waals surface area (Å²) in [6, 6.07) is 10.3. The van der Waals surface area contributed by atoms with Crippen LogP contribution in [0.15, 0.2) is 36.4 Å². The summed E-state index contributed by atoms with van der Waals surface area (Å²) in [7, 11) is 0. The number of hydrogen-bond acceptors (Lipinski definition) is 3. The second-order valence-corrected chi connectivity index (χ2v) is 5.01. The molecule has 0 spiro atoms. The van der Waals surface area contributed by atoms with E-state index in [4.69, 9.17) is 4.74 Å². The van der Waals surface area contributed by atoms with E-state index in [0.29, 0.717) is 5.39 Å². The predicted molar refractivity (Wildman–Crippen MR) is 76.0 cm³/mol. The first-order valence-electron chi connectivity index (χ1n) is 6.43. The summed E-state index contributed by atoms with van der Waals surface area (Å²) in [6.45, 7) is 4.11. The van der Waals surface area contributed by atoms with Crippen molar-refractivity contribution in [3.05, 3.63) is 47.5 Å². The Balaban J connectivity index is 2.50. The van der Waals surface area contributed by atoms with E-state index in [0.717, 1.165) is 5.39 Å². The third-order valence-corrected chi connectivity index (χ3v) is 2.91. The summed E-state index contributed by atoms with van der Waals surface area (Å²) in [6.07, 6.45) is 0. The molecule has 4 heteroatoms. The maximum absolute atomic E-state index is 12.0. The molecule has 0 saturated heterocycles. The number of carboxylic acid groups (broad SMARTS) is 1. The molecule has 0 aliphatic carbocycles. The largest absolute Gasteiger partial charge is 0.478 e. The number of carboxylic acids is 1. The van der Waals surface area contributed by atoms with Crippen molar-refractivity contribution in [3.63, 3.8) is 0 Å². The second kappa shape index (κ2) is 5.74. The molecule has 0 amide bonds. The van der Waals surface area contributed by atoms with Gasteiger partial charge in [-0.3, -0.25) is 0 Å². The van der Waals surface area contributed by atoms with Crippen LogP contribution in [0, 0.1) is 5.92 Å². The topological polar surface area (TPSA) is 63.6 Å². The average molecular weight is 272 g/mol. The lowest BCUT2D eigenvalue weighted by Gasteiger charge is -2.11. The first-order valence-corrected chi connectivity index (χ1v) is 6.43. The molecule has 4 nitrogen and oxygen atoms in total. The Bertz CT molecular complexity index is 659. The van der Waals surface area contributed by atoms with E-state index in [9.17, 15) is 14.7 Å². The summed E-state index contributed by atoms with van der Waals surface area (Å²) in [5.74, 6) is -1.52. The maximum Gasteiger partial charge on any atom is 0.339 e. The molecule has 2 aromatic rings. The van der Waals surface area contributed by atoms with E-state index < -0.39 is 11.9 Å². The molecule has 104 valence electrons. The summed E-state index contributed by atoms with van der Waals surface area (Å²) >= 11 is 0. The molecule has 1 N–H and O–H groups in total. The zero-order chi connectivity index (χ0) is 14.7. The average Bonchev–Trinajstić information content (AvgIpc) is 2.43. The Morgan fingerprint density at radius 2 is 1.85 bits per heavy atom. The molecule has 20 heavy (non-hydrogen) atoms. The summed E-state index contributed by atoms with van der Waals surface area (Å²) in [5, 5.41) is 10.7. The van der Waals surface area contributed by atoms with Crippen molar-refractivity contribution in [2.75, 3.05) is 6.61 Å². The molecular weight excluding hydrogens is 256 g/mol. The van der Waals surface area contributed by atoms with Crippen molar-refractivity contribution in [3.8, 4) is 0 Å². The van der Waals surface area contributed by atoms with Gasteiger partial charge in [-0.25, -0.2) is 9.59 Å². The van der Waals surface area contributed by atoms with Crippen LogP contribution in [0.1, 0.15) is 34.6 Å². The zero-order valence-corrected chi connectivity index (χ0v) is 11.4. The number of fused-ring (bicyclic) bond motifs is 1. The van der Waals surface area contributed by atoms with E-state index in [1.807, 2.05) is 26.0 Å². The highest BCUT2D eigenvalue weighted by Crippen LogP contribution is 2.23. The Kier molecular flexibility index (Phi) is 4.03. The van der Waals surface area contributed by atoms with Gasteiger partial charge in [-0.15, -0.1) is 0 Å². The first-order chi connectivity index (χ1) is 9.50. The van der Waals surface area contributed by atoms with Crippen LogP contribution in [-0.2, 0) is 4.74 Å². The zero-order valence-electron chi connectivity index (χ0n) is 11.4. The molecular formula is C16H16O4. The van der Waals surface area contributed by atoms with Crippen LogP contribution in [0.2, 0.25) is 0 Å². The molecule has 0 aliphatic heterocycles. The number of carbonyl (C=O) groups excluding carboxylic acids is 1. The molecule has 0 unspecified atom stereocenters. The molecule has 2 aromatic carbocycles. The Morgan fingerprint density at radius 3 is 2.50 bits per heavy atom. The van der Waals surface area contributed by atoms with Crippen LogP contribution >= 0.6 is 0 Å². The number of esters is 1. The minimum absolute atomic E-state index is 0.00291. The second-order valence-electron chi connectivity index (χ2n) is 5.01. The highest BCUT2D eigenvalue weighted by molar-refractivity contribution is 6.12. The van der Waals surface area contributed by atoms with Crippen molar-refractivity contribution in [2.24, 2.45) is 5.92 Å². The lowest BCUT2D eigenvalue weighted by atomic mass is 9.99. The first kappa shape index (κ1) is 14.1. The summed E-state index contributed by atoms with van der Waals surface area (Å²) in [4.78, 5) is 23.5. The van der Waals surface area contributed by atoms with Gasteiger partial charge in [0.1, 0.15) is 0 Å². The third kappa shape index (κ3) is 2.79. The van der Waals surface area contributed by atoms with E-state index in [1.165, 1.54) is 6.07 Å². The lowest BCUT2D eigenvalue weighted by Crippen LogP contribution is -2.14. The highest BCUT2D eigenvalue weighted by atomic mass is 16.5. The maximum atomic E-state index is 12.0. The van der Waals surface area contributed by atoms with Gasteiger partial charge in [0.15, 0.2) is 0 Å². The molecule has 0 fully saturated rings. The van der Waals surface area contributed by atoms with Crippen molar-refractivity contribution >= 4 is 22.7 Å². The fourth-order valence-corrected chi connectivity index (χ4v) is 1.99. The van der Waals surface area contributed by atoms with Crippen LogP contribution in [0.25, 0.3) is 10.8 Å². The van der Waals surface area contributed by atoms with Crippen LogP contribution in [-0.4, -0.2) is 23.7 Å². The minimum Gasteiger partial charge on any atom is -0.478 e. The van der Waals surface area contributed by atoms with Gasteiger partial charge in [0.05, 0.1) is 17.7 Å². The van der Waals surface area contributed by atoms with Crippen molar-refractivity contribution in [1.29, 1.82) is 0 Å². The van der Waals surface area contributed by atoms with Crippen LogP contribution in [0.3, 0.4) is 0 Å². The Morgan fingerprint density at radius 1 is 1.15 bits per heavy atom. The number of hydrogen-bond donors (Lipinski definition) is 1. The third-order valence-electron chi connectivity index (χ3n) is 2.91. The van der Waals surface area contributed by atoms with Gasteiger partial charge in [-0.1, -0.05) is 44.2 Å². The van der Waals surface area contributed by atoms with Crippen LogP contribution in [0.4, 0.5) is 0 Å². The van der Waals surface area contributed by atoms with Gasteiger partial charge in [0.25, 0.3) is 0 Å². The summed E-state index contributed by atoms with van der Waals surface area (Å²) in [5.41, 5.74) is 0.0914. The van der Waals surface area contributed by atoms with Gasteiger partial charge in [0.2, 0.25) is 0 Å². The number of benzene rings is 2. The van der Waals surface area contributed by atoms with Crippen molar-refractivity contribution in [1.82, 2.24) is 0 Å². The molecule has 2 rings (SSSR count). The molecule has 0 atom stereocenters. The summed E-state index contributed by atoms with van der Waals surface area (Å²) < 4.78 is 5.13. The standard InChI is InChI=1S/C16H16O4/c1-10(2)9-20-16(19)13-8-7-11-5-3-4-6-12(11)14(13)15(17)18/h3-8,10H,9H2,1-2H3,(H,17,18). The van der Waals surface area contributed by atoms with E-state index in [-0.39, 0.29) is 23.7 Å². The van der Waals surface area contributed by atoms with Gasteiger partial charge in [-0.05, 0) is 22.8 Å². The molecule has 0 radical (unpaired) electrons. The predicted octanol–water partition coefficient (Wildman–Crippen LogP) is 3.35. The normalized spacial score (nSPS) is 10.8. The van der Waals surface area contributed by atoms with Crippen LogP contribution < -0.4 is 0 Å².